The summed E-state index contributed by atoms with van der Waals surface area (Å²) in [6.07, 6.45) is 0.235. The van der Waals surface area contributed by atoms with Gasteiger partial charge in [-0.15, -0.1) is 0 Å². The molecule has 0 radical (unpaired) electrons. The molecule has 138 valence electrons. The third-order valence-corrected chi connectivity index (χ3v) is 3.73. The van der Waals surface area contributed by atoms with Gasteiger partial charge in [-0.2, -0.15) is 0 Å². The number of aromatic nitrogens is 1. The minimum absolute atomic E-state index is 0.0216. The van der Waals surface area contributed by atoms with Crippen LogP contribution in [0.15, 0.2) is 53.3 Å². The summed E-state index contributed by atoms with van der Waals surface area (Å²) in [5.74, 6) is -3.76. The molecular weight excluding hydrogens is 366 g/mol. The Morgan fingerprint density at radius 3 is 2.26 bits per heavy atom. The highest BCUT2D eigenvalue weighted by Crippen LogP contribution is 2.20. The van der Waals surface area contributed by atoms with Crippen molar-refractivity contribution in [2.24, 2.45) is 0 Å². The first-order chi connectivity index (χ1) is 12.9. The fourth-order valence-corrected chi connectivity index (χ4v) is 2.48. The van der Waals surface area contributed by atoms with Crippen LogP contribution in [0.4, 0.5) is 17.6 Å². The highest BCUT2D eigenvalue weighted by Gasteiger charge is 2.17. The van der Waals surface area contributed by atoms with E-state index in [2.05, 4.69) is 0 Å². The molecule has 27 heavy (non-hydrogen) atoms. The predicted octanol–water partition coefficient (Wildman–Crippen LogP) is 3.79. The maximum atomic E-state index is 14.0. The predicted molar refractivity (Wildman–Crippen MR) is 88.0 cm³/mol. The van der Waals surface area contributed by atoms with E-state index in [1.54, 1.807) is 0 Å². The summed E-state index contributed by atoms with van der Waals surface area (Å²) in [5.41, 5.74) is -1.95. The third-order valence-electron chi connectivity index (χ3n) is 3.73. The first-order valence-electron chi connectivity index (χ1n) is 7.64. The van der Waals surface area contributed by atoms with Crippen molar-refractivity contribution < 1.29 is 27.1 Å². The second-order valence-electron chi connectivity index (χ2n) is 5.50. The zero-order valence-electron chi connectivity index (χ0n) is 13.6. The van der Waals surface area contributed by atoms with Crippen LogP contribution >= 0.6 is 0 Å². The van der Waals surface area contributed by atoms with Gasteiger partial charge in [0.05, 0.1) is 5.69 Å². The number of ether oxygens (including phenoxy) is 1. The van der Waals surface area contributed by atoms with Crippen LogP contribution < -0.4 is 10.3 Å². The van der Waals surface area contributed by atoms with E-state index in [4.69, 9.17) is 4.74 Å². The molecule has 0 spiro atoms. The fourth-order valence-electron chi connectivity index (χ4n) is 2.48. The van der Waals surface area contributed by atoms with E-state index in [0.29, 0.717) is 10.6 Å². The van der Waals surface area contributed by atoms with E-state index >= 15 is 0 Å². The number of carbonyl (C=O) groups is 1. The number of halogens is 4. The Morgan fingerprint density at radius 2 is 1.63 bits per heavy atom. The summed E-state index contributed by atoms with van der Waals surface area (Å²) in [7, 11) is 0. The van der Waals surface area contributed by atoms with Gasteiger partial charge in [0.2, 0.25) is 0 Å². The highest BCUT2D eigenvalue weighted by molar-refractivity contribution is 5.74. The number of hydrogen-bond donors (Lipinski definition) is 0. The van der Waals surface area contributed by atoms with Crippen LogP contribution in [-0.2, 0) is 6.61 Å². The lowest BCUT2D eigenvalue weighted by molar-refractivity contribution is 0.111. The molecule has 1 heterocycles. The Balaban J connectivity index is 1.97. The van der Waals surface area contributed by atoms with Crippen molar-refractivity contribution in [1.82, 2.24) is 4.57 Å². The van der Waals surface area contributed by atoms with Crippen molar-refractivity contribution in [3.05, 3.63) is 93.4 Å². The Bertz CT molecular complexity index is 1060. The second-order valence-corrected chi connectivity index (χ2v) is 5.50. The number of carbonyl (C=O) groups excluding carboxylic acids is 1. The van der Waals surface area contributed by atoms with Gasteiger partial charge in [-0.25, -0.2) is 17.6 Å². The number of para-hydroxylation sites is 1. The van der Waals surface area contributed by atoms with E-state index in [9.17, 15) is 27.2 Å². The molecule has 0 saturated heterocycles. The van der Waals surface area contributed by atoms with Crippen molar-refractivity contribution in [1.29, 1.82) is 0 Å². The minimum atomic E-state index is -1.03. The minimum Gasteiger partial charge on any atom is -0.489 e. The molecule has 8 heteroatoms. The van der Waals surface area contributed by atoms with Crippen LogP contribution in [-0.4, -0.2) is 10.9 Å². The molecular formula is C19H11F4NO3. The maximum absolute atomic E-state index is 14.0. The first kappa shape index (κ1) is 18.4. The second kappa shape index (κ2) is 7.45. The van der Waals surface area contributed by atoms with E-state index in [1.165, 1.54) is 6.07 Å². The van der Waals surface area contributed by atoms with Crippen LogP contribution in [0.2, 0.25) is 0 Å². The summed E-state index contributed by atoms with van der Waals surface area (Å²) in [6, 6.07) is 7.88. The van der Waals surface area contributed by atoms with E-state index in [-0.39, 0.29) is 29.9 Å². The van der Waals surface area contributed by atoms with E-state index in [0.717, 1.165) is 36.4 Å². The summed E-state index contributed by atoms with van der Waals surface area (Å²) >= 11 is 0. The lowest BCUT2D eigenvalue weighted by atomic mass is 10.2. The lowest BCUT2D eigenvalue weighted by Gasteiger charge is -2.13. The molecule has 0 atom stereocenters. The van der Waals surface area contributed by atoms with Crippen LogP contribution in [0.25, 0.3) is 5.69 Å². The normalized spacial score (nSPS) is 10.7. The number of pyridine rings is 1. The molecule has 0 bridgehead atoms. The Morgan fingerprint density at radius 1 is 0.926 bits per heavy atom. The van der Waals surface area contributed by atoms with Gasteiger partial charge >= 0.3 is 0 Å². The fraction of sp³-hybridized carbons (Fsp3) is 0.0526. The summed E-state index contributed by atoms with van der Waals surface area (Å²) in [4.78, 5) is 23.6. The van der Waals surface area contributed by atoms with Crippen molar-refractivity contribution in [2.75, 3.05) is 0 Å². The van der Waals surface area contributed by atoms with Crippen LogP contribution in [0, 0.1) is 23.3 Å². The van der Waals surface area contributed by atoms with Crippen molar-refractivity contribution >= 4 is 6.29 Å². The molecule has 0 aliphatic carbocycles. The van der Waals surface area contributed by atoms with Gasteiger partial charge in [0.25, 0.3) is 5.56 Å². The average Bonchev–Trinajstić information content (AvgIpc) is 2.62. The zero-order chi connectivity index (χ0) is 19.6. The molecule has 4 nitrogen and oxygen atoms in total. The summed E-state index contributed by atoms with van der Waals surface area (Å²) < 4.78 is 60.3. The molecule has 3 aromatic rings. The number of aldehydes is 1. The molecule has 0 unspecified atom stereocenters. The SMILES string of the molecule is O=Cc1cc(OCc2ccc(F)cc2F)cc(=O)n1-c1c(F)cccc1F. The topological polar surface area (TPSA) is 48.3 Å². The Kier molecular flexibility index (Phi) is 5.07. The molecule has 0 saturated carbocycles. The molecule has 0 aliphatic rings. The van der Waals surface area contributed by atoms with Crippen molar-refractivity contribution in [2.45, 2.75) is 6.61 Å². The van der Waals surface area contributed by atoms with Crippen molar-refractivity contribution in [3.63, 3.8) is 0 Å². The number of rotatable bonds is 5. The standard InChI is InChI=1S/C19H11F4NO3/c20-12-5-4-11(17(23)6-12)10-27-14-7-13(9-25)24(18(26)8-14)19-15(21)2-1-3-16(19)22/h1-9H,10H2. The van der Waals surface area contributed by atoms with Gasteiger partial charge in [0.1, 0.15) is 41.3 Å². The molecule has 1 aromatic heterocycles. The first-order valence-corrected chi connectivity index (χ1v) is 7.64. The third kappa shape index (κ3) is 3.74. The van der Waals surface area contributed by atoms with Gasteiger partial charge in [-0.3, -0.25) is 14.2 Å². The summed E-state index contributed by atoms with van der Waals surface area (Å²) in [6.45, 7) is -0.345. The monoisotopic (exact) mass is 377 g/mol. The zero-order valence-corrected chi connectivity index (χ0v) is 13.6. The van der Waals surface area contributed by atoms with Crippen LogP contribution in [0.3, 0.4) is 0 Å². The maximum Gasteiger partial charge on any atom is 0.259 e. The van der Waals surface area contributed by atoms with Gasteiger partial charge in [-0.1, -0.05) is 6.07 Å². The molecule has 2 aromatic carbocycles. The van der Waals surface area contributed by atoms with Crippen LogP contribution in [0.1, 0.15) is 16.1 Å². The number of hydrogen-bond acceptors (Lipinski definition) is 3. The highest BCUT2D eigenvalue weighted by atomic mass is 19.1. The molecule has 3 rings (SSSR count). The smallest absolute Gasteiger partial charge is 0.259 e. The molecule has 0 N–H and O–H groups in total. The van der Waals surface area contributed by atoms with Gasteiger partial charge in [0.15, 0.2) is 6.29 Å². The largest absolute Gasteiger partial charge is 0.489 e. The van der Waals surface area contributed by atoms with E-state index < -0.39 is 34.5 Å². The Hall–Kier alpha value is -3.42. The molecule has 0 aliphatic heterocycles. The van der Waals surface area contributed by atoms with Gasteiger partial charge < -0.3 is 4.74 Å². The number of nitrogens with zero attached hydrogens (tertiary/aromatic N) is 1. The van der Waals surface area contributed by atoms with Gasteiger partial charge in [-0.05, 0) is 24.3 Å². The van der Waals surface area contributed by atoms with Crippen LogP contribution in [0.5, 0.6) is 5.75 Å². The van der Waals surface area contributed by atoms with Crippen molar-refractivity contribution in [3.8, 4) is 11.4 Å². The molecule has 0 amide bonds. The lowest BCUT2D eigenvalue weighted by Crippen LogP contribution is -2.23. The summed E-state index contributed by atoms with van der Waals surface area (Å²) in [5, 5.41) is 0. The quantitative estimate of drug-likeness (QED) is 0.502. The molecule has 0 fully saturated rings. The van der Waals surface area contributed by atoms with E-state index in [1.807, 2.05) is 0 Å². The average molecular weight is 377 g/mol. The van der Waals surface area contributed by atoms with Gasteiger partial charge in [0, 0.05) is 23.8 Å². The Labute approximate surface area is 150 Å². The number of benzene rings is 2.